The molecule has 1 aliphatic carbocycles. The molecule has 1 saturated carbocycles. The molecule has 0 radical (unpaired) electrons. The summed E-state index contributed by atoms with van der Waals surface area (Å²) in [7, 11) is 0. The summed E-state index contributed by atoms with van der Waals surface area (Å²) in [5.41, 5.74) is 2.53. The molecule has 3 rings (SSSR count). The molecule has 1 fully saturated rings. The first kappa shape index (κ1) is 11.7. The van der Waals surface area contributed by atoms with E-state index in [2.05, 4.69) is 27.5 Å². The van der Waals surface area contributed by atoms with Crippen LogP contribution in [0.2, 0.25) is 0 Å². The van der Waals surface area contributed by atoms with Crippen LogP contribution in [0, 0.1) is 5.41 Å². The first-order valence-corrected chi connectivity index (χ1v) is 6.75. The predicted molar refractivity (Wildman–Crippen MR) is 67.9 cm³/mol. The van der Waals surface area contributed by atoms with E-state index in [4.69, 9.17) is 0 Å². The minimum Gasteiger partial charge on any atom is -0.354 e. The Bertz CT molecular complexity index is 450. The number of H-pyrrole nitrogens is 1. The molecule has 1 unspecified atom stereocenters. The van der Waals surface area contributed by atoms with Gasteiger partial charge in [0.15, 0.2) is 0 Å². The summed E-state index contributed by atoms with van der Waals surface area (Å²) in [5, 5.41) is 6.34. The molecular weight excluding hydrogens is 228 g/mol. The number of carbonyl (C=O) groups is 1. The molecule has 0 saturated heterocycles. The number of hydrogen-bond acceptors (Lipinski definition) is 3. The van der Waals surface area contributed by atoms with Crippen molar-refractivity contribution in [3.05, 3.63) is 17.7 Å². The van der Waals surface area contributed by atoms with Crippen LogP contribution in [0.1, 0.15) is 37.6 Å². The monoisotopic (exact) mass is 248 g/mol. The highest BCUT2D eigenvalue weighted by Crippen LogP contribution is 2.47. The number of aromatic nitrogens is 2. The Morgan fingerprint density at radius 2 is 2.44 bits per heavy atom. The number of nitrogens with one attached hydrogen (secondary N) is 3. The van der Waals surface area contributed by atoms with Crippen molar-refractivity contribution in [3.63, 3.8) is 0 Å². The maximum absolute atomic E-state index is 12.1. The van der Waals surface area contributed by atoms with E-state index in [-0.39, 0.29) is 11.9 Å². The van der Waals surface area contributed by atoms with Crippen LogP contribution >= 0.6 is 0 Å². The Labute approximate surface area is 107 Å². The summed E-state index contributed by atoms with van der Waals surface area (Å²) < 4.78 is 0. The van der Waals surface area contributed by atoms with E-state index in [0.717, 1.165) is 24.4 Å². The highest BCUT2D eigenvalue weighted by atomic mass is 16.2. The average Bonchev–Trinajstić information content (AvgIpc) is 3.04. The van der Waals surface area contributed by atoms with E-state index in [1.54, 1.807) is 6.33 Å². The van der Waals surface area contributed by atoms with Crippen molar-refractivity contribution in [1.82, 2.24) is 20.6 Å². The molecule has 1 aliphatic heterocycles. The number of imidazole rings is 1. The molecule has 5 heteroatoms. The molecule has 1 amide bonds. The average molecular weight is 248 g/mol. The molecule has 2 aliphatic rings. The quantitative estimate of drug-likeness (QED) is 0.735. The number of carbonyl (C=O) groups excluding carboxylic acids is 1. The second-order valence-corrected chi connectivity index (χ2v) is 5.54. The minimum absolute atomic E-state index is 0.114. The van der Waals surface area contributed by atoms with Crippen LogP contribution in [0.3, 0.4) is 0 Å². The van der Waals surface area contributed by atoms with E-state index in [1.165, 1.54) is 12.8 Å². The highest BCUT2D eigenvalue weighted by molar-refractivity contribution is 5.82. The molecule has 1 aromatic heterocycles. The van der Waals surface area contributed by atoms with Gasteiger partial charge in [-0.2, -0.15) is 0 Å². The lowest BCUT2D eigenvalue weighted by Gasteiger charge is -2.23. The van der Waals surface area contributed by atoms with Crippen molar-refractivity contribution in [3.8, 4) is 0 Å². The molecule has 3 N–H and O–H groups in total. The van der Waals surface area contributed by atoms with Gasteiger partial charge in [0.05, 0.1) is 23.8 Å². The molecule has 98 valence electrons. The molecule has 0 aromatic carbocycles. The van der Waals surface area contributed by atoms with Gasteiger partial charge in [-0.15, -0.1) is 0 Å². The number of hydrogen-bond donors (Lipinski definition) is 3. The summed E-state index contributed by atoms with van der Waals surface area (Å²) >= 11 is 0. The third-order valence-corrected chi connectivity index (χ3v) is 4.39. The second kappa shape index (κ2) is 4.39. The summed E-state index contributed by atoms with van der Waals surface area (Å²) in [4.78, 5) is 19.4. The number of nitrogens with zero attached hydrogens (tertiary/aromatic N) is 1. The van der Waals surface area contributed by atoms with Crippen LogP contribution in [0.25, 0.3) is 0 Å². The van der Waals surface area contributed by atoms with Crippen LogP contribution in [-0.2, 0) is 17.8 Å². The first-order chi connectivity index (χ1) is 8.72. The Morgan fingerprint density at radius 3 is 3.17 bits per heavy atom. The lowest BCUT2D eigenvalue weighted by molar-refractivity contribution is -0.123. The topological polar surface area (TPSA) is 69.8 Å². The van der Waals surface area contributed by atoms with Gasteiger partial charge in [-0.3, -0.25) is 10.1 Å². The van der Waals surface area contributed by atoms with Crippen molar-refractivity contribution in [2.45, 2.75) is 45.2 Å². The van der Waals surface area contributed by atoms with Crippen molar-refractivity contribution >= 4 is 5.91 Å². The van der Waals surface area contributed by atoms with Gasteiger partial charge in [-0.1, -0.05) is 6.92 Å². The fourth-order valence-electron chi connectivity index (χ4n) is 2.58. The zero-order valence-corrected chi connectivity index (χ0v) is 10.8. The van der Waals surface area contributed by atoms with Gasteiger partial charge in [0.25, 0.3) is 0 Å². The molecule has 5 nitrogen and oxygen atoms in total. The molecule has 0 bridgehead atoms. The van der Waals surface area contributed by atoms with E-state index in [1.807, 2.05) is 0 Å². The number of amides is 1. The summed E-state index contributed by atoms with van der Waals surface area (Å²) in [6.45, 7) is 3.73. The van der Waals surface area contributed by atoms with Crippen molar-refractivity contribution in [2.24, 2.45) is 5.41 Å². The smallest absolute Gasteiger partial charge is 0.237 e. The molecule has 18 heavy (non-hydrogen) atoms. The lowest BCUT2D eigenvalue weighted by Crippen LogP contribution is -2.48. The van der Waals surface area contributed by atoms with Gasteiger partial charge in [0, 0.05) is 19.5 Å². The molecule has 1 atom stereocenters. The third-order valence-electron chi connectivity index (χ3n) is 4.39. The van der Waals surface area contributed by atoms with Gasteiger partial charge in [-0.05, 0) is 24.7 Å². The lowest BCUT2D eigenvalue weighted by atomic mass is 10.0. The standard InChI is InChI=1S/C13H20N4O/c1-2-13(3-4-13)7-15-12(18)10-5-9-11(6-14-10)17-8-16-9/h8,10,14H,2-7H2,1H3,(H,15,18)(H,16,17). The van der Waals surface area contributed by atoms with E-state index in [9.17, 15) is 4.79 Å². The van der Waals surface area contributed by atoms with Crippen LogP contribution in [0.5, 0.6) is 0 Å². The minimum atomic E-state index is -0.131. The van der Waals surface area contributed by atoms with Crippen LogP contribution < -0.4 is 10.6 Å². The number of fused-ring (bicyclic) bond motifs is 1. The Hall–Kier alpha value is -1.36. The van der Waals surface area contributed by atoms with Gasteiger partial charge in [-0.25, -0.2) is 4.98 Å². The van der Waals surface area contributed by atoms with Gasteiger partial charge in [0.2, 0.25) is 5.91 Å². The maximum atomic E-state index is 12.1. The SMILES string of the molecule is CCC1(CNC(=O)C2Cc3nc[nH]c3CN2)CC1. The Kier molecular flexibility index (Phi) is 2.86. The van der Waals surface area contributed by atoms with Gasteiger partial charge < -0.3 is 10.3 Å². The zero-order valence-electron chi connectivity index (χ0n) is 10.8. The predicted octanol–water partition coefficient (Wildman–Crippen LogP) is 0.730. The highest BCUT2D eigenvalue weighted by Gasteiger charge is 2.41. The van der Waals surface area contributed by atoms with E-state index < -0.39 is 0 Å². The molecule has 2 heterocycles. The third kappa shape index (κ3) is 2.14. The zero-order chi connectivity index (χ0) is 12.6. The number of aromatic amines is 1. The van der Waals surface area contributed by atoms with Crippen LogP contribution in [0.15, 0.2) is 6.33 Å². The van der Waals surface area contributed by atoms with Crippen molar-refractivity contribution in [1.29, 1.82) is 0 Å². The van der Waals surface area contributed by atoms with E-state index in [0.29, 0.717) is 18.4 Å². The number of rotatable bonds is 4. The van der Waals surface area contributed by atoms with Gasteiger partial charge in [0.1, 0.15) is 0 Å². The Morgan fingerprint density at radius 1 is 1.61 bits per heavy atom. The van der Waals surface area contributed by atoms with Crippen molar-refractivity contribution < 1.29 is 4.79 Å². The second-order valence-electron chi connectivity index (χ2n) is 5.54. The molecule has 1 aromatic rings. The molecular formula is C13H20N4O. The summed E-state index contributed by atoms with van der Waals surface area (Å²) in [6, 6.07) is -0.131. The Balaban J connectivity index is 1.55. The maximum Gasteiger partial charge on any atom is 0.237 e. The molecule has 0 spiro atoms. The summed E-state index contributed by atoms with van der Waals surface area (Å²) in [5.74, 6) is 0.114. The van der Waals surface area contributed by atoms with Crippen molar-refractivity contribution in [2.75, 3.05) is 6.54 Å². The normalized spacial score (nSPS) is 24.4. The largest absolute Gasteiger partial charge is 0.354 e. The fourth-order valence-corrected chi connectivity index (χ4v) is 2.58. The summed E-state index contributed by atoms with van der Waals surface area (Å²) in [6.07, 6.45) is 6.05. The van der Waals surface area contributed by atoms with E-state index >= 15 is 0 Å². The van der Waals surface area contributed by atoms with Crippen LogP contribution in [0.4, 0.5) is 0 Å². The van der Waals surface area contributed by atoms with Gasteiger partial charge >= 0.3 is 0 Å². The first-order valence-electron chi connectivity index (χ1n) is 6.75. The van der Waals surface area contributed by atoms with Crippen LogP contribution in [-0.4, -0.2) is 28.5 Å². The fraction of sp³-hybridized carbons (Fsp3) is 0.692.